The van der Waals surface area contributed by atoms with Crippen LogP contribution in [0.4, 0.5) is 0 Å². The van der Waals surface area contributed by atoms with Gasteiger partial charge in [0.05, 0.1) is 24.7 Å². The molecule has 1 N–H and O–H groups in total. The van der Waals surface area contributed by atoms with E-state index >= 15 is 0 Å². The van der Waals surface area contributed by atoms with Crippen LogP contribution < -0.4 is 0 Å². The van der Waals surface area contributed by atoms with E-state index < -0.39 is 11.6 Å². The van der Waals surface area contributed by atoms with Gasteiger partial charge in [-0.15, -0.1) is 0 Å². The van der Waals surface area contributed by atoms with Crippen LogP contribution in [0.25, 0.3) is 0 Å². The van der Waals surface area contributed by atoms with Crippen molar-refractivity contribution in [2.24, 2.45) is 5.41 Å². The molecule has 2 aliphatic heterocycles. The summed E-state index contributed by atoms with van der Waals surface area (Å²) in [6.07, 6.45) is 2.25. The lowest BCUT2D eigenvalue weighted by molar-refractivity contribution is -0.159. The summed E-state index contributed by atoms with van der Waals surface area (Å²) in [5.41, 5.74) is -0.596. The van der Waals surface area contributed by atoms with Gasteiger partial charge in [-0.25, -0.2) is 0 Å². The number of carbonyl (C=O) groups is 2. The van der Waals surface area contributed by atoms with E-state index in [2.05, 4.69) is 0 Å². The molecule has 0 aliphatic carbocycles. The Balaban J connectivity index is 2.02. The molecule has 23 heavy (non-hydrogen) atoms. The van der Waals surface area contributed by atoms with Crippen molar-refractivity contribution >= 4 is 11.8 Å². The highest BCUT2D eigenvalue weighted by atomic mass is 16.5. The van der Waals surface area contributed by atoms with Gasteiger partial charge >= 0.3 is 0 Å². The number of likely N-dealkylation sites (tertiary alicyclic amines) is 2. The van der Waals surface area contributed by atoms with E-state index in [1.165, 1.54) is 0 Å². The van der Waals surface area contributed by atoms with Gasteiger partial charge in [0.2, 0.25) is 11.8 Å². The molecule has 2 rings (SSSR count). The van der Waals surface area contributed by atoms with Crippen molar-refractivity contribution in [2.45, 2.75) is 58.1 Å². The molecule has 1 spiro atoms. The summed E-state index contributed by atoms with van der Waals surface area (Å²) in [5, 5.41) is 10.6. The zero-order valence-electron chi connectivity index (χ0n) is 14.8. The summed E-state index contributed by atoms with van der Waals surface area (Å²) >= 11 is 0. The normalized spacial score (nSPS) is 26.4. The van der Waals surface area contributed by atoms with Crippen LogP contribution in [0.15, 0.2) is 0 Å². The van der Waals surface area contributed by atoms with E-state index in [1.54, 1.807) is 14.0 Å². The zero-order valence-corrected chi connectivity index (χ0v) is 14.8. The SMILES string of the molecule is COCCC(=O)N1CCC2(CC1)CC(O)C(C)(C)N(C(C)=O)C2. The first-order chi connectivity index (χ1) is 10.7. The zero-order chi connectivity index (χ0) is 17.3. The molecule has 2 fully saturated rings. The highest BCUT2D eigenvalue weighted by Gasteiger charge is 2.50. The highest BCUT2D eigenvalue weighted by Crippen LogP contribution is 2.45. The Morgan fingerprint density at radius 3 is 2.39 bits per heavy atom. The highest BCUT2D eigenvalue weighted by molar-refractivity contribution is 5.76. The molecule has 0 bridgehead atoms. The molecule has 2 heterocycles. The molecule has 0 aromatic carbocycles. The number of nitrogens with zero attached hydrogens (tertiary/aromatic N) is 2. The number of aliphatic hydroxyl groups excluding tert-OH is 1. The molecule has 0 saturated carbocycles. The molecular weight excluding hydrogens is 296 g/mol. The summed E-state index contributed by atoms with van der Waals surface area (Å²) in [5.74, 6) is 0.133. The quantitative estimate of drug-likeness (QED) is 0.841. The third-order valence-corrected chi connectivity index (χ3v) is 5.71. The molecule has 0 aromatic heterocycles. The van der Waals surface area contributed by atoms with Crippen molar-refractivity contribution in [3.05, 3.63) is 0 Å². The summed E-state index contributed by atoms with van der Waals surface area (Å²) in [6, 6.07) is 0. The van der Waals surface area contributed by atoms with Crippen LogP contribution in [0.1, 0.15) is 46.5 Å². The Hall–Kier alpha value is -1.14. The van der Waals surface area contributed by atoms with Crippen LogP contribution in [-0.2, 0) is 14.3 Å². The number of rotatable bonds is 3. The van der Waals surface area contributed by atoms with Gasteiger partial charge in [0.15, 0.2) is 0 Å². The summed E-state index contributed by atoms with van der Waals surface area (Å²) < 4.78 is 4.97. The standard InChI is InChI=1S/C17H30N2O4/c1-13(20)19-12-17(11-14(21)16(19,2)3)6-8-18(9-7-17)15(22)5-10-23-4/h14,21H,5-12H2,1-4H3. The largest absolute Gasteiger partial charge is 0.391 e. The average molecular weight is 326 g/mol. The van der Waals surface area contributed by atoms with E-state index in [0.29, 0.717) is 39.1 Å². The maximum Gasteiger partial charge on any atom is 0.224 e. The summed E-state index contributed by atoms with van der Waals surface area (Å²) in [4.78, 5) is 27.8. The number of carbonyl (C=O) groups excluding carboxylic acids is 2. The molecule has 2 saturated heterocycles. The Kier molecular flexibility index (Phi) is 5.36. The first-order valence-electron chi connectivity index (χ1n) is 8.45. The molecule has 1 atom stereocenters. The lowest BCUT2D eigenvalue weighted by Crippen LogP contribution is -2.64. The second-order valence-electron chi connectivity index (χ2n) is 7.60. The number of amides is 2. The minimum Gasteiger partial charge on any atom is -0.391 e. The average Bonchev–Trinajstić information content (AvgIpc) is 2.49. The fourth-order valence-corrected chi connectivity index (χ4v) is 3.90. The molecule has 6 nitrogen and oxygen atoms in total. The molecule has 0 radical (unpaired) electrons. The lowest BCUT2D eigenvalue weighted by atomic mass is 9.67. The van der Waals surface area contributed by atoms with Gasteiger partial charge in [0, 0.05) is 33.7 Å². The van der Waals surface area contributed by atoms with Gasteiger partial charge in [-0.3, -0.25) is 9.59 Å². The molecule has 1 unspecified atom stereocenters. The van der Waals surface area contributed by atoms with Crippen molar-refractivity contribution in [1.82, 2.24) is 9.80 Å². The van der Waals surface area contributed by atoms with Crippen molar-refractivity contribution in [1.29, 1.82) is 0 Å². The van der Waals surface area contributed by atoms with Gasteiger partial charge in [-0.2, -0.15) is 0 Å². The number of hydrogen-bond acceptors (Lipinski definition) is 4. The topological polar surface area (TPSA) is 70.1 Å². The Morgan fingerprint density at radius 2 is 1.87 bits per heavy atom. The predicted molar refractivity (Wildman–Crippen MR) is 86.8 cm³/mol. The Bertz CT molecular complexity index is 456. The first-order valence-corrected chi connectivity index (χ1v) is 8.45. The molecular formula is C17H30N2O4. The van der Waals surface area contributed by atoms with E-state index in [1.807, 2.05) is 23.6 Å². The van der Waals surface area contributed by atoms with Crippen LogP contribution in [0.3, 0.4) is 0 Å². The molecule has 0 aromatic rings. The van der Waals surface area contributed by atoms with Crippen molar-refractivity contribution < 1.29 is 19.4 Å². The van der Waals surface area contributed by atoms with Crippen molar-refractivity contribution in [3.63, 3.8) is 0 Å². The monoisotopic (exact) mass is 326 g/mol. The van der Waals surface area contributed by atoms with E-state index in [-0.39, 0.29) is 17.2 Å². The number of hydrogen-bond donors (Lipinski definition) is 1. The fourth-order valence-electron chi connectivity index (χ4n) is 3.90. The first kappa shape index (κ1) is 18.2. The van der Waals surface area contributed by atoms with E-state index in [9.17, 15) is 14.7 Å². The lowest BCUT2D eigenvalue weighted by Gasteiger charge is -2.55. The van der Waals surface area contributed by atoms with Crippen LogP contribution in [-0.4, -0.2) is 71.7 Å². The van der Waals surface area contributed by atoms with Gasteiger partial charge in [0.1, 0.15) is 0 Å². The molecule has 132 valence electrons. The van der Waals surface area contributed by atoms with Gasteiger partial charge < -0.3 is 19.6 Å². The third kappa shape index (κ3) is 3.69. The Morgan fingerprint density at radius 1 is 1.26 bits per heavy atom. The summed E-state index contributed by atoms with van der Waals surface area (Å²) in [7, 11) is 1.60. The minimum absolute atomic E-state index is 0.00623. The third-order valence-electron chi connectivity index (χ3n) is 5.71. The van der Waals surface area contributed by atoms with Crippen LogP contribution in [0.2, 0.25) is 0 Å². The van der Waals surface area contributed by atoms with E-state index in [0.717, 1.165) is 12.8 Å². The fraction of sp³-hybridized carbons (Fsp3) is 0.882. The van der Waals surface area contributed by atoms with E-state index in [4.69, 9.17) is 4.74 Å². The van der Waals surface area contributed by atoms with Gasteiger partial charge in [-0.1, -0.05) is 0 Å². The van der Waals surface area contributed by atoms with Crippen molar-refractivity contribution in [2.75, 3.05) is 33.4 Å². The van der Waals surface area contributed by atoms with Crippen molar-refractivity contribution in [3.8, 4) is 0 Å². The number of methoxy groups -OCH3 is 1. The Labute approximate surface area is 138 Å². The minimum atomic E-state index is -0.532. The second kappa shape index (κ2) is 6.77. The molecule has 2 aliphatic rings. The maximum absolute atomic E-state index is 12.1. The summed E-state index contributed by atoms with van der Waals surface area (Å²) in [6.45, 7) is 7.93. The van der Waals surface area contributed by atoms with Gasteiger partial charge in [0.25, 0.3) is 0 Å². The maximum atomic E-state index is 12.1. The van der Waals surface area contributed by atoms with Crippen LogP contribution in [0, 0.1) is 5.41 Å². The number of piperidine rings is 2. The predicted octanol–water partition coefficient (Wildman–Crippen LogP) is 1.02. The van der Waals surface area contributed by atoms with Gasteiger partial charge in [-0.05, 0) is 38.5 Å². The van der Waals surface area contributed by atoms with Crippen LogP contribution in [0.5, 0.6) is 0 Å². The van der Waals surface area contributed by atoms with Crippen LogP contribution >= 0.6 is 0 Å². The molecule has 2 amide bonds. The second-order valence-corrected chi connectivity index (χ2v) is 7.60. The smallest absolute Gasteiger partial charge is 0.224 e. The number of ether oxygens (including phenoxy) is 1. The molecule has 6 heteroatoms. The number of aliphatic hydroxyl groups is 1.